The molecule has 0 N–H and O–H groups in total. The summed E-state index contributed by atoms with van der Waals surface area (Å²) in [7, 11) is 1.77. The summed E-state index contributed by atoms with van der Waals surface area (Å²) >= 11 is 0. The van der Waals surface area contributed by atoms with Gasteiger partial charge in [-0.25, -0.2) is 0 Å². The van der Waals surface area contributed by atoms with Crippen LogP contribution in [-0.2, 0) is 4.74 Å². The van der Waals surface area contributed by atoms with Gasteiger partial charge in [-0.1, -0.05) is 6.92 Å². The first kappa shape index (κ1) is 13.1. The van der Waals surface area contributed by atoms with Crippen LogP contribution in [0.25, 0.3) is 0 Å². The van der Waals surface area contributed by atoms with E-state index < -0.39 is 0 Å². The van der Waals surface area contributed by atoms with Gasteiger partial charge in [0.1, 0.15) is 0 Å². The van der Waals surface area contributed by atoms with Gasteiger partial charge in [-0.2, -0.15) is 4.98 Å². The van der Waals surface area contributed by atoms with Crippen LogP contribution >= 0.6 is 0 Å². The number of ether oxygens (including phenoxy) is 2. The molecule has 1 saturated heterocycles. The van der Waals surface area contributed by atoms with Crippen molar-refractivity contribution in [2.24, 2.45) is 5.92 Å². The summed E-state index contributed by atoms with van der Waals surface area (Å²) in [6.07, 6.45) is 4.80. The number of nitrogens with zero attached hydrogens (tertiary/aromatic N) is 3. The third-order valence-corrected chi connectivity index (χ3v) is 3.41. The van der Waals surface area contributed by atoms with E-state index in [2.05, 4.69) is 21.8 Å². The highest BCUT2D eigenvalue weighted by molar-refractivity contribution is 5.38. The van der Waals surface area contributed by atoms with E-state index in [1.807, 2.05) is 6.92 Å². The number of aromatic nitrogens is 2. The van der Waals surface area contributed by atoms with Gasteiger partial charge in [0.05, 0.1) is 25.1 Å². The molecule has 2 rings (SSSR count). The minimum atomic E-state index is 0.260. The molecule has 0 radical (unpaired) electrons. The van der Waals surface area contributed by atoms with Crippen molar-refractivity contribution in [1.29, 1.82) is 0 Å². The summed E-state index contributed by atoms with van der Waals surface area (Å²) in [5, 5.41) is 0. The van der Waals surface area contributed by atoms with Gasteiger partial charge in [-0.3, -0.25) is 4.98 Å². The van der Waals surface area contributed by atoms with Crippen LogP contribution in [0.4, 0.5) is 5.82 Å². The molecule has 1 aliphatic rings. The van der Waals surface area contributed by atoms with Gasteiger partial charge in [0.2, 0.25) is 5.88 Å². The molecule has 2 unspecified atom stereocenters. The summed E-state index contributed by atoms with van der Waals surface area (Å²) in [4.78, 5) is 10.9. The Balaban J connectivity index is 2.09. The molecule has 0 spiro atoms. The molecule has 0 aliphatic carbocycles. The predicted molar refractivity (Wildman–Crippen MR) is 70.0 cm³/mol. The van der Waals surface area contributed by atoms with Crippen LogP contribution in [0, 0.1) is 5.92 Å². The van der Waals surface area contributed by atoms with Crippen LogP contribution in [-0.4, -0.2) is 42.9 Å². The van der Waals surface area contributed by atoms with Crippen molar-refractivity contribution in [1.82, 2.24) is 9.97 Å². The van der Waals surface area contributed by atoms with E-state index >= 15 is 0 Å². The van der Waals surface area contributed by atoms with Crippen molar-refractivity contribution in [3.8, 4) is 5.88 Å². The van der Waals surface area contributed by atoms with Crippen molar-refractivity contribution in [3.05, 3.63) is 12.4 Å². The predicted octanol–water partition coefficient (Wildman–Crippen LogP) is 1.74. The van der Waals surface area contributed by atoms with Crippen molar-refractivity contribution >= 4 is 5.82 Å². The van der Waals surface area contributed by atoms with Gasteiger partial charge in [-0.05, 0) is 19.3 Å². The Bertz CT molecular complexity index is 386. The van der Waals surface area contributed by atoms with Gasteiger partial charge < -0.3 is 14.4 Å². The second-order valence-corrected chi connectivity index (χ2v) is 4.63. The second-order valence-electron chi connectivity index (χ2n) is 4.63. The molecular formula is C13H21N3O2. The molecule has 0 bridgehead atoms. The Morgan fingerprint density at radius 3 is 3.00 bits per heavy atom. The minimum absolute atomic E-state index is 0.260. The van der Waals surface area contributed by atoms with Gasteiger partial charge >= 0.3 is 0 Å². The lowest BCUT2D eigenvalue weighted by Gasteiger charge is -2.36. The zero-order chi connectivity index (χ0) is 13.0. The monoisotopic (exact) mass is 251 g/mol. The molecule has 1 aromatic rings. The Labute approximate surface area is 108 Å². The molecule has 0 saturated carbocycles. The number of hydrogen-bond donors (Lipinski definition) is 0. The number of piperidine rings is 1. The van der Waals surface area contributed by atoms with Crippen LogP contribution in [0.3, 0.4) is 0 Å². The summed E-state index contributed by atoms with van der Waals surface area (Å²) in [5.41, 5.74) is 0. The zero-order valence-electron chi connectivity index (χ0n) is 11.3. The quantitative estimate of drug-likeness (QED) is 0.815. The van der Waals surface area contributed by atoms with E-state index in [0.717, 1.165) is 25.3 Å². The van der Waals surface area contributed by atoms with E-state index in [0.29, 0.717) is 18.4 Å². The molecule has 100 valence electrons. The zero-order valence-corrected chi connectivity index (χ0v) is 11.3. The fourth-order valence-corrected chi connectivity index (χ4v) is 2.26. The molecule has 0 amide bonds. The maximum Gasteiger partial charge on any atom is 0.234 e. The molecule has 18 heavy (non-hydrogen) atoms. The lowest BCUT2D eigenvalue weighted by molar-refractivity contribution is 0.0496. The molecule has 2 atom stereocenters. The molecule has 5 nitrogen and oxygen atoms in total. The second kappa shape index (κ2) is 6.00. The molecular weight excluding hydrogens is 230 g/mol. The van der Waals surface area contributed by atoms with Gasteiger partial charge in [-0.15, -0.1) is 0 Å². The van der Waals surface area contributed by atoms with E-state index in [1.165, 1.54) is 0 Å². The lowest BCUT2D eigenvalue weighted by Crippen LogP contribution is -2.44. The van der Waals surface area contributed by atoms with E-state index in [1.54, 1.807) is 19.5 Å². The molecule has 1 aliphatic heterocycles. The average Bonchev–Trinajstić information content (AvgIpc) is 2.40. The smallest absolute Gasteiger partial charge is 0.234 e. The van der Waals surface area contributed by atoms with Crippen molar-refractivity contribution < 1.29 is 9.47 Å². The number of rotatable bonds is 4. The number of methoxy groups -OCH3 is 1. The van der Waals surface area contributed by atoms with Gasteiger partial charge in [0, 0.05) is 20.2 Å². The fraction of sp³-hybridized carbons (Fsp3) is 0.692. The van der Waals surface area contributed by atoms with Crippen molar-refractivity contribution in [2.75, 3.05) is 31.7 Å². The van der Waals surface area contributed by atoms with Gasteiger partial charge in [0.25, 0.3) is 0 Å². The fourth-order valence-electron chi connectivity index (χ4n) is 2.26. The van der Waals surface area contributed by atoms with Crippen LogP contribution in [0.1, 0.15) is 20.3 Å². The Morgan fingerprint density at radius 2 is 2.28 bits per heavy atom. The third kappa shape index (κ3) is 2.90. The Kier molecular flexibility index (Phi) is 4.36. The summed E-state index contributed by atoms with van der Waals surface area (Å²) in [6, 6.07) is 0. The highest BCUT2D eigenvalue weighted by atomic mass is 16.5. The molecule has 5 heteroatoms. The third-order valence-electron chi connectivity index (χ3n) is 3.41. The minimum Gasteiger partial charge on any atom is -0.477 e. The van der Waals surface area contributed by atoms with Crippen LogP contribution < -0.4 is 9.64 Å². The van der Waals surface area contributed by atoms with Crippen molar-refractivity contribution in [3.63, 3.8) is 0 Å². The molecule has 0 aromatic carbocycles. The molecule has 2 heterocycles. The number of anilines is 1. The SMILES string of the molecule is CCOc1cncc(N2CCC(C)C(OC)C2)n1. The van der Waals surface area contributed by atoms with E-state index in [9.17, 15) is 0 Å². The largest absolute Gasteiger partial charge is 0.477 e. The topological polar surface area (TPSA) is 47.5 Å². The summed E-state index contributed by atoms with van der Waals surface area (Å²) < 4.78 is 10.9. The van der Waals surface area contributed by atoms with Crippen LogP contribution in [0.2, 0.25) is 0 Å². The number of hydrogen-bond acceptors (Lipinski definition) is 5. The first-order chi connectivity index (χ1) is 8.74. The highest BCUT2D eigenvalue weighted by Gasteiger charge is 2.26. The first-order valence-corrected chi connectivity index (χ1v) is 6.47. The summed E-state index contributed by atoms with van der Waals surface area (Å²) in [6.45, 7) is 6.63. The standard InChI is InChI=1S/C13H21N3O2/c1-4-18-13-8-14-7-12(15-13)16-6-5-10(2)11(9-16)17-3/h7-8,10-11H,4-6,9H2,1-3H3. The summed E-state index contributed by atoms with van der Waals surface area (Å²) in [5.74, 6) is 2.05. The maximum absolute atomic E-state index is 5.51. The molecule has 1 aromatic heterocycles. The van der Waals surface area contributed by atoms with E-state index in [-0.39, 0.29) is 6.10 Å². The van der Waals surface area contributed by atoms with Crippen molar-refractivity contribution in [2.45, 2.75) is 26.4 Å². The van der Waals surface area contributed by atoms with Gasteiger partial charge in [0.15, 0.2) is 5.82 Å². The molecule has 1 fully saturated rings. The normalized spacial score (nSPS) is 24.1. The average molecular weight is 251 g/mol. The highest BCUT2D eigenvalue weighted by Crippen LogP contribution is 2.24. The maximum atomic E-state index is 5.51. The van der Waals surface area contributed by atoms with Crippen LogP contribution in [0.15, 0.2) is 12.4 Å². The van der Waals surface area contributed by atoms with E-state index in [4.69, 9.17) is 9.47 Å². The first-order valence-electron chi connectivity index (χ1n) is 6.47. The Hall–Kier alpha value is -1.36. The Morgan fingerprint density at radius 1 is 1.44 bits per heavy atom. The van der Waals surface area contributed by atoms with Crippen LogP contribution in [0.5, 0.6) is 5.88 Å². The lowest BCUT2D eigenvalue weighted by atomic mass is 9.96.